The van der Waals surface area contributed by atoms with E-state index in [1.165, 1.54) is 26.1 Å². The molecule has 0 aromatic rings. The monoisotopic (exact) mass is 182 g/mol. The fourth-order valence-corrected chi connectivity index (χ4v) is 2.97. The highest BCUT2D eigenvalue weighted by Gasteiger charge is 2.48. The van der Waals surface area contributed by atoms with Crippen molar-refractivity contribution in [3.63, 3.8) is 0 Å². The van der Waals surface area contributed by atoms with Gasteiger partial charge in [-0.05, 0) is 39.3 Å². The maximum atomic E-state index is 2.63. The van der Waals surface area contributed by atoms with Crippen molar-refractivity contribution in [1.29, 1.82) is 0 Å². The van der Waals surface area contributed by atoms with Crippen LogP contribution in [0.3, 0.4) is 0 Å². The van der Waals surface area contributed by atoms with Crippen LogP contribution in [0.1, 0.15) is 27.2 Å². The molecule has 2 aliphatic heterocycles. The molecule has 0 aromatic heterocycles. The highest BCUT2D eigenvalue weighted by molar-refractivity contribution is 5.03. The van der Waals surface area contributed by atoms with Gasteiger partial charge in [-0.15, -0.1) is 0 Å². The molecular weight excluding hydrogens is 160 g/mol. The summed E-state index contributed by atoms with van der Waals surface area (Å²) in [7, 11) is 2.28. The zero-order chi connectivity index (χ0) is 9.64. The highest BCUT2D eigenvalue weighted by atomic mass is 15.3. The first-order valence-corrected chi connectivity index (χ1v) is 5.47. The van der Waals surface area contributed by atoms with E-state index in [4.69, 9.17) is 0 Å². The van der Waals surface area contributed by atoms with Crippen LogP contribution in [-0.2, 0) is 0 Å². The Morgan fingerprint density at radius 2 is 2.08 bits per heavy atom. The van der Waals surface area contributed by atoms with Gasteiger partial charge in [-0.3, -0.25) is 4.90 Å². The molecule has 13 heavy (non-hydrogen) atoms. The quantitative estimate of drug-likeness (QED) is 0.605. The summed E-state index contributed by atoms with van der Waals surface area (Å²) in [4.78, 5) is 5.17. The minimum absolute atomic E-state index is 0.582. The number of rotatable bonds is 1. The van der Waals surface area contributed by atoms with Gasteiger partial charge in [0, 0.05) is 25.2 Å². The SMILES string of the molecule is CC(C)N1CC2N(C)CCC2(C)C1. The number of hydrogen-bond donors (Lipinski definition) is 0. The summed E-state index contributed by atoms with van der Waals surface area (Å²) < 4.78 is 0. The topological polar surface area (TPSA) is 6.48 Å². The lowest BCUT2D eigenvalue weighted by atomic mass is 9.85. The normalized spacial score (nSPS) is 41.8. The molecule has 2 rings (SSSR count). The molecule has 0 N–H and O–H groups in total. The van der Waals surface area contributed by atoms with Gasteiger partial charge in [0.2, 0.25) is 0 Å². The summed E-state index contributed by atoms with van der Waals surface area (Å²) in [5.41, 5.74) is 0.582. The van der Waals surface area contributed by atoms with Gasteiger partial charge in [-0.1, -0.05) is 6.92 Å². The van der Waals surface area contributed by atoms with E-state index in [-0.39, 0.29) is 0 Å². The van der Waals surface area contributed by atoms with Gasteiger partial charge in [0.15, 0.2) is 0 Å². The molecule has 2 fully saturated rings. The summed E-state index contributed by atoms with van der Waals surface area (Å²) in [6.07, 6.45) is 1.39. The van der Waals surface area contributed by atoms with E-state index in [0.717, 1.165) is 12.1 Å². The summed E-state index contributed by atoms with van der Waals surface area (Å²) in [6.45, 7) is 11.0. The van der Waals surface area contributed by atoms with Crippen LogP contribution in [0, 0.1) is 5.41 Å². The second kappa shape index (κ2) is 2.96. The second-order valence-corrected chi connectivity index (χ2v) is 5.42. The van der Waals surface area contributed by atoms with Gasteiger partial charge in [-0.2, -0.15) is 0 Å². The van der Waals surface area contributed by atoms with E-state index in [1.54, 1.807) is 0 Å². The molecule has 2 heteroatoms. The average molecular weight is 182 g/mol. The van der Waals surface area contributed by atoms with Crippen LogP contribution in [0.15, 0.2) is 0 Å². The van der Waals surface area contributed by atoms with Crippen molar-refractivity contribution >= 4 is 0 Å². The molecular formula is C11H22N2. The van der Waals surface area contributed by atoms with Crippen LogP contribution in [0.5, 0.6) is 0 Å². The minimum atomic E-state index is 0.582. The maximum absolute atomic E-state index is 2.63. The van der Waals surface area contributed by atoms with Crippen LogP contribution < -0.4 is 0 Å². The summed E-state index contributed by atoms with van der Waals surface area (Å²) in [5.74, 6) is 0. The Morgan fingerprint density at radius 3 is 2.62 bits per heavy atom. The Bertz CT molecular complexity index is 202. The number of fused-ring (bicyclic) bond motifs is 1. The van der Waals surface area contributed by atoms with Crippen molar-refractivity contribution in [1.82, 2.24) is 9.80 Å². The Balaban J connectivity index is 2.10. The average Bonchev–Trinajstić information content (AvgIpc) is 2.50. The maximum Gasteiger partial charge on any atom is 0.0286 e. The van der Waals surface area contributed by atoms with Crippen molar-refractivity contribution in [3.05, 3.63) is 0 Å². The molecule has 2 atom stereocenters. The second-order valence-electron chi connectivity index (χ2n) is 5.42. The molecule has 0 bridgehead atoms. The third kappa shape index (κ3) is 1.40. The van der Waals surface area contributed by atoms with Crippen LogP contribution in [0.2, 0.25) is 0 Å². The first kappa shape index (κ1) is 9.47. The van der Waals surface area contributed by atoms with E-state index in [1.807, 2.05) is 0 Å². The van der Waals surface area contributed by atoms with Crippen LogP contribution >= 0.6 is 0 Å². The zero-order valence-electron chi connectivity index (χ0n) is 9.38. The lowest BCUT2D eigenvalue weighted by Gasteiger charge is -2.24. The molecule has 0 amide bonds. The smallest absolute Gasteiger partial charge is 0.0286 e. The molecule has 0 spiro atoms. The van der Waals surface area contributed by atoms with Gasteiger partial charge in [0.25, 0.3) is 0 Å². The van der Waals surface area contributed by atoms with Crippen LogP contribution in [0.4, 0.5) is 0 Å². The molecule has 2 saturated heterocycles. The van der Waals surface area contributed by atoms with Gasteiger partial charge in [0.1, 0.15) is 0 Å². The Morgan fingerprint density at radius 1 is 1.38 bits per heavy atom. The standard InChI is InChI=1S/C11H22N2/c1-9(2)13-7-10-11(3,8-13)5-6-12(10)4/h9-10H,5-8H2,1-4H3. The number of likely N-dealkylation sites (tertiary alicyclic amines) is 2. The number of hydrogen-bond acceptors (Lipinski definition) is 2. The van der Waals surface area contributed by atoms with E-state index < -0.39 is 0 Å². The Kier molecular flexibility index (Phi) is 2.16. The largest absolute Gasteiger partial charge is 0.302 e. The van der Waals surface area contributed by atoms with Crippen molar-refractivity contribution in [3.8, 4) is 0 Å². The van der Waals surface area contributed by atoms with Crippen LogP contribution in [-0.4, -0.2) is 48.6 Å². The lowest BCUT2D eigenvalue weighted by Crippen LogP contribution is -2.35. The summed E-state index contributed by atoms with van der Waals surface area (Å²) in [6, 6.07) is 1.53. The molecule has 0 radical (unpaired) electrons. The fourth-order valence-electron chi connectivity index (χ4n) is 2.97. The van der Waals surface area contributed by atoms with Gasteiger partial charge in [0.05, 0.1) is 0 Å². The third-order valence-electron chi connectivity index (χ3n) is 4.07. The van der Waals surface area contributed by atoms with E-state index in [2.05, 4.69) is 37.6 Å². The molecule has 0 aromatic carbocycles. The molecule has 0 saturated carbocycles. The Hall–Kier alpha value is -0.0800. The van der Waals surface area contributed by atoms with E-state index in [9.17, 15) is 0 Å². The van der Waals surface area contributed by atoms with Crippen molar-refractivity contribution in [2.75, 3.05) is 26.7 Å². The molecule has 2 unspecified atom stereocenters. The number of nitrogens with zero attached hydrogens (tertiary/aromatic N) is 2. The van der Waals surface area contributed by atoms with Crippen molar-refractivity contribution in [2.24, 2.45) is 5.41 Å². The summed E-state index contributed by atoms with van der Waals surface area (Å²) in [5, 5.41) is 0. The van der Waals surface area contributed by atoms with Gasteiger partial charge in [-0.25, -0.2) is 0 Å². The molecule has 0 aliphatic carbocycles. The highest BCUT2D eigenvalue weighted by Crippen LogP contribution is 2.42. The lowest BCUT2D eigenvalue weighted by molar-refractivity contribution is 0.225. The van der Waals surface area contributed by atoms with Crippen molar-refractivity contribution < 1.29 is 0 Å². The molecule has 2 aliphatic rings. The number of likely N-dealkylation sites (N-methyl/N-ethyl adjacent to an activating group) is 1. The third-order valence-corrected chi connectivity index (χ3v) is 4.07. The molecule has 2 nitrogen and oxygen atoms in total. The van der Waals surface area contributed by atoms with E-state index >= 15 is 0 Å². The predicted octanol–water partition coefficient (Wildman–Crippen LogP) is 1.42. The first-order chi connectivity index (χ1) is 6.03. The fraction of sp³-hybridized carbons (Fsp3) is 1.00. The zero-order valence-corrected chi connectivity index (χ0v) is 9.38. The van der Waals surface area contributed by atoms with Gasteiger partial charge < -0.3 is 4.90 Å². The molecule has 2 heterocycles. The minimum Gasteiger partial charge on any atom is -0.302 e. The first-order valence-electron chi connectivity index (χ1n) is 5.47. The van der Waals surface area contributed by atoms with E-state index in [0.29, 0.717) is 5.41 Å². The van der Waals surface area contributed by atoms with Crippen molar-refractivity contribution in [2.45, 2.75) is 39.3 Å². The molecule has 76 valence electrons. The summed E-state index contributed by atoms with van der Waals surface area (Å²) >= 11 is 0. The Labute approximate surface area is 81.9 Å². The van der Waals surface area contributed by atoms with Gasteiger partial charge >= 0.3 is 0 Å². The van der Waals surface area contributed by atoms with Crippen LogP contribution in [0.25, 0.3) is 0 Å². The predicted molar refractivity (Wildman–Crippen MR) is 55.9 cm³/mol.